The maximum absolute atomic E-state index is 11.4. The van der Waals surface area contributed by atoms with Crippen molar-refractivity contribution in [3.63, 3.8) is 0 Å². The van der Waals surface area contributed by atoms with Crippen molar-refractivity contribution in [2.45, 2.75) is 6.42 Å². The van der Waals surface area contributed by atoms with Crippen LogP contribution in [0.3, 0.4) is 0 Å². The fraction of sp³-hybridized carbons (Fsp3) is 0.0476. The number of hydrogen-bond donors (Lipinski definition) is 2. The van der Waals surface area contributed by atoms with Crippen LogP contribution in [0.1, 0.15) is 5.56 Å². The molecule has 1 amide bonds. The third-order valence-corrected chi connectivity index (χ3v) is 4.72. The minimum Gasteiger partial charge on any atom is -0.383 e. The van der Waals surface area contributed by atoms with Crippen LogP contribution >= 0.6 is 11.6 Å². The summed E-state index contributed by atoms with van der Waals surface area (Å²) in [6, 6.07) is 14.8. The van der Waals surface area contributed by atoms with Gasteiger partial charge in [0.05, 0.1) is 29.6 Å². The summed E-state index contributed by atoms with van der Waals surface area (Å²) >= 11 is 6.01. The number of rotatable bonds is 5. The van der Waals surface area contributed by atoms with Crippen molar-refractivity contribution in [1.82, 2.24) is 19.7 Å². The van der Waals surface area contributed by atoms with E-state index in [9.17, 15) is 4.79 Å². The monoisotopic (exact) mass is 404 g/mol. The number of aromatic nitrogens is 4. The molecular formula is C21H17ClN6O. The van der Waals surface area contributed by atoms with Gasteiger partial charge in [-0.15, -0.1) is 0 Å². The average molecular weight is 405 g/mol. The number of primary amides is 1. The zero-order valence-corrected chi connectivity index (χ0v) is 16.0. The summed E-state index contributed by atoms with van der Waals surface area (Å²) in [5.74, 6) is -0.0439. The molecule has 0 unspecified atom stereocenters. The number of halogens is 1. The van der Waals surface area contributed by atoms with E-state index >= 15 is 0 Å². The fourth-order valence-corrected chi connectivity index (χ4v) is 3.29. The van der Waals surface area contributed by atoms with Crippen molar-refractivity contribution >= 4 is 23.3 Å². The van der Waals surface area contributed by atoms with E-state index in [4.69, 9.17) is 23.1 Å². The van der Waals surface area contributed by atoms with E-state index in [1.165, 1.54) is 6.33 Å². The van der Waals surface area contributed by atoms with Gasteiger partial charge in [0.1, 0.15) is 12.1 Å². The highest BCUT2D eigenvalue weighted by Crippen LogP contribution is 2.34. The summed E-state index contributed by atoms with van der Waals surface area (Å²) in [6.07, 6.45) is 5.08. The Balaban J connectivity index is 1.80. The van der Waals surface area contributed by atoms with E-state index in [2.05, 4.69) is 15.1 Å². The lowest BCUT2D eigenvalue weighted by atomic mass is 10.0. The molecule has 144 valence electrons. The first-order chi connectivity index (χ1) is 14.0. The highest BCUT2D eigenvalue weighted by atomic mass is 35.5. The lowest BCUT2D eigenvalue weighted by Gasteiger charge is -2.10. The number of hydrogen-bond acceptors (Lipinski definition) is 5. The molecule has 4 N–H and O–H groups in total. The second-order valence-corrected chi connectivity index (χ2v) is 6.87. The number of carbonyl (C=O) groups is 1. The van der Waals surface area contributed by atoms with Crippen LogP contribution in [0.2, 0.25) is 5.02 Å². The van der Waals surface area contributed by atoms with Crippen LogP contribution in [-0.2, 0) is 11.2 Å². The van der Waals surface area contributed by atoms with Crippen molar-refractivity contribution in [1.29, 1.82) is 0 Å². The number of nitrogens with zero attached hydrogens (tertiary/aromatic N) is 4. The molecule has 0 aliphatic heterocycles. The molecule has 4 rings (SSSR count). The van der Waals surface area contributed by atoms with Crippen LogP contribution in [-0.4, -0.2) is 25.7 Å². The molecule has 2 heterocycles. The SMILES string of the molecule is NC(=O)Cc1ccccc1-n1cc(-c2ncnc(N)c2-c2ccc(Cl)cc2)cn1. The molecule has 29 heavy (non-hydrogen) atoms. The van der Waals surface area contributed by atoms with Gasteiger partial charge in [0, 0.05) is 16.8 Å². The Kier molecular flexibility index (Phi) is 4.97. The van der Waals surface area contributed by atoms with Gasteiger partial charge in [-0.3, -0.25) is 4.79 Å². The predicted octanol–water partition coefficient (Wildman–Crippen LogP) is 3.26. The maximum atomic E-state index is 11.4. The maximum Gasteiger partial charge on any atom is 0.221 e. The highest BCUT2D eigenvalue weighted by Gasteiger charge is 2.16. The van der Waals surface area contributed by atoms with Gasteiger partial charge in [-0.2, -0.15) is 5.10 Å². The van der Waals surface area contributed by atoms with Gasteiger partial charge in [0.25, 0.3) is 0 Å². The van der Waals surface area contributed by atoms with Gasteiger partial charge >= 0.3 is 0 Å². The van der Waals surface area contributed by atoms with Gasteiger partial charge in [-0.05, 0) is 29.3 Å². The van der Waals surface area contributed by atoms with Crippen LogP contribution in [0, 0.1) is 0 Å². The van der Waals surface area contributed by atoms with Crippen molar-refractivity contribution in [2.75, 3.05) is 5.73 Å². The van der Waals surface area contributed by atoms with E-state index in [-0.39, 0.29) is 6.42 Å². The van der Waals surface area contributed by atoms with Crippen LogP contribution < -0.4 is 11.5 Å². The normalized spacial score (nSPS) is 10.8. The highest BCUT2D eigenvalue weighted by molar-refractivity contribution is 6.30. The molecule has 4 aromatic rings. The standard InChI is InChI=1S/C21H17ClN6O/c22-16-7-5-13(6-8-16)19-20(25-12-26-21(19)24)15-10-27-28(11-15)17-4-2-1-3-14(17)9-18(23)29/h1-8,10-12H,9H2,(H2,23,29)(H2,24,25,26). The van der Waals surface area contributed by atoms with E-state index in [1.807, 2.05) is 42.6 Å². The molecule has 0 spiro atoms. The molecule has 0 aliphatic rings. The van der Waals surface area contributed by atoms with Gasteiger partial charge in [-0.25, -0.2) is 14.6 Å². The van der Waals surface area contributed by atoms with Gasteiger partial charge in [-0.1, -0.05) is 41.9 Å². The first-order valence-corrected chi connectivity index (χ1v) is 9.19. The Labute approximate surface area is 172 Å². The molecule has 0 saturated heterocycles. The number of amides is 1. The Bertz CT molecular complexity index is 1190. The summed E-state index contributed by atoms with van der Waals surface area (Å²) < 4.78 is 1.69. The number of para-hydroxylation sites is 1. The van der Waals surface area contributed by atoms with Crippen molar-refractivity contribution in [3.05, 3.63) is 77.8 Å². The smallest absolute Gasteiger partial charge is 0.221 e. The zero-order valence-electron chi connectivity index (χ0n) is 15.3. The van der Waals surface area contributed by atoms with Crippen LogP contribution in [0.15, 0.2) is 67.3 Å². The molecule has 0 atom stereocenters. The fourth-order valence-electron chi connectivity index (χ4n) is 3.17. The van der Waals surface area contributed by atoms with E-state index in [0.717, 1.165) is 22.4 Å². The van der Waals surface area contributed by atoms with E-state index < -0.39 is 5.91 Å². The van der Waals surface area contributed by atoms with Crippen molar-refractivity contribution < 1.29 is 4.79 Å². The van der Waals surface area contributed by atoms with E-state index in [1.54, 1.807) is 23.0 Å². The summed E-state index contributed by atoms with van der Waals surface area (Å²) in [6.45, 7) is 0. The second-order valence-electron chi connectivity index (χ2n) is 6.43. The number of nitrogen functional groups attached to an aromatic ring is 1. The Morgan fingerprint density at radius 3 is 2.55 bits per heavy atom. The van der Waals surface area contributed by atoms with Crippen LogP contribution in [0.5, 0.6) is 0 Å². The largest absolute Gasteiger partial charge is 0.383 e. The average Bonchev–Trinajstić information content (AvgIpc) is 3.18. The lowest BCUT2D eigenvalue weighted by molar-refractivity contribution is -0.117. The van der Waals surface area contributed by atoms with Gasteiger partial charge in [0.2, 0.25) is 5.91 Å². The summed E-state index contributed by atoms with van der Waals surface area (Å²) in [5.41, 5.74) is 16.1. The van der Waals surface area contributed by atoms with Gasteiger partial charge in [0.15, 0.2) is 0 Å². The molecule has 0 saturated carbocycles. The Morgan fingerprint density at radius 2 is 1.79 bits per heavy atom. The molecule has 2 aromatic carbocycles. The minimum absolute atomic E-state index is 0.127. The van der Waals surface area contributed by atoms with Gasteiger partial charge < -0.3 is 11.5 Å². The topological polar surface area (TPSA) is 113 Å². The summed E-state index contributed by atoms with van der Waals surface area (Å²) in [7, 11) is 0. The van der Waals surface area contributed by atoms with Crippen LogP contribution in [0.25, 0.3) is 28.1 Å². The molecule has 8 heteroatoms. The minimum atomic E-state index is -0.404. The predicted molar refractivity (Wildman–Crippen MR) is 112 cm³/mol. The number of anilines is 1. The lowest BCUT2D eigenvalue weighted by Crippen LogP contribution is -2.15. The second kappa shape index (κ2) is 7.73. The zero-order chi connectivity index (χ0) is 20.4. The first-order valence-electron chi connectivity index (χ1n) is 8.81. The Hall–Kier alpha value is -3.71. The molecule has 2 aromatic heterocycles. The molecular weight excluding hydrogens is 388 g/mol. The molecule has 0 radical (unpaired) electrons. The van der Waals surface area contributed by atoms with Crippen molar-refractivity contribution in [3.8, 4) is 28.1 Å². The van der Waals surface area contributed by atoms with Crippen molar-refractivity contribution in [2.24, 2.45) is 5.73 Å². The number of carbonyl (C=O) groups excluding carboxylic acids is 1. The molecule has 0 fully saturated rings. The summed E-state index contributed by atoms with van der Waals surface area (Å²) in [5, 5.41) is 5.08. The third-order valence-electron chi connectivity index (χ3n) is 4.47. The molecule has 7 nitrogen and oxygen atoms in total. The third kappa shape index (κ3) is 3.81. The Morgan fingerprint density at radius 1 is 1.03 bits per heavy atom. The van der Waals surface area contributed by atoms with E-state index in [0.29, 0.717) is 22.1 Å². The van der Waals surface area contributed by atoms with Crippen LogP contribution in [0.4, 0.5) is 5.82 Å². The molecule has 0 bridgehead atoms. The summed E-state index contributed by atoms with van der Waals surface area (Å²) in [4.78, 5) is 20.0. The first kappa shape index (κ1) is 18.6. The quantitative estimate of drug-likeness (QED) is 0.530. The molecule has 0 aliphatic carbocycles. The number of benzene rings is 2. The number of nitrogens with two attached hydrogens (primary N) is 2.